The maximum atomic E-state index is 12.1. The van der Waals surface area contributed by atoms with E-state index in [0.29, 0.717) is 5.82 Å². The topological polar surface area (TPSA) is 96.2 Å². The molecule has 0 atom stereocenters. The number of pyridine rings is 2. The summed E-state index contributed by atoms with van der Waals surface area (Å²) < 4.78 is 28.6. The van der Waals surface area contributed by atoms with Crippen LogP contribution in [0.3, 0.4) is 0 Å². The highest BCUT2D eigenvalue weighted by Gasteiger charge is 2.20. The molecular formula is C21H27N7O2S. The van der Waals surface area contributed by atoms with Crippen molar-refractivity contribution in [3.05, 3.63) is 60.6 Å². The lowest BCUT2D eigenvalue weighted by molar-refractivity contribution is 0.249. The third-order valence-corrected chi connectivity index (χ3v) is 6.96. The van der Waals surface area contributed by atoms with Crippen molar-refractivity contribution in [3.63, 3.8) is 0 Å². The number of rotatable bonds is 7. The van der Waals surface area contributed by atoms with Crippen molar-refractivity contribution in [2.75, 3.05) is 35.8 Å². The molecular weight excluding hydrogens is 414 g/mol. The SMILES string of the molecule is CC(C)S(=O)(=O)Nc1cccc(N2CCN(Cc3cnn(-c4ccccn4)c3)CC2)n1. The van der Waals surface area contributed by atoms with Crippen LogP contribution in [0, 0.1) is 0 Å². The summed E-state index contributed by atoms with van der Waals surface area (Å²) in [5.74, 6) is 1.94. The number of nitrogens with one attached hydrogen (secondary N) is 1. The summed E-state index contributed by atoms with van der Waals surface area (Å²) in [6, 6.07) is 11.2. The van der Waals surface area contributed by atoms with E-state index in [-0.39, 0.29) is 0 Å². The fourth-order valence-electron chi connectivity index (χ4n) is 3.37. The molecule has 9 nitrogen and oxygen atoms in total. The van der Waals surface area contributed by atoms with Gasteiger partial charge in [-0.1, -0.05) is 12.1 Å². The van der Waals surface area contributed by atoms with Crippen LogP contribution in [0.1, 0.15) is 19.4 Å². The largest absolute Gasteiger partial charge is 0.354 e. The summed E-state index contributed by atoms with van der Waals surface area (Å²) in [4.78, 5) is 13.4. The van der Waals surface area contributed by atoms with Crippen LogP contribution in [0.25, 0.3) is 5.82 Å². The monoisotopic (exact) mass is 441 g/mol. The number of aromatic nitrogens is 4. The molecule has 10 heteroatoms. The Hall–Kier alpha value is -2.98. The second kappa shape index (κ2) is 9.03. The summed E-state index contributed by atoms with van der Waals surface area (Å²) >= 11 is 0. The van der Waals surface area contributed by atoms with Gasteiger partial charge in [-0.05, 0) is 38.1 Å². The van der Waals surface area contributed by atoms with Crippen LogP contribution in [0.5, 0.6) is 0 Å². The van der Waals surface area contributed by atoms with E-state index >= 15 is 0 Å². The zero-order valence-electron chi connectivity index (χ0n) is 17.7. The van der Waals surface area contributed by atoms with Crippen LogP contribution in [0.2, 0.25) is 0 Å². The molecule has 1 N–H and O–H groups in total. The third kappa shape index (κ3) is 5.20. The van der Waals surface area contributed by atoms with Crippen LogP contribution in [-0.4, -0.2) is 64.5 Å². The smallest absolute Gasteiger partial charge is 0.236 e. The standard InChI is InChI=1S/C21H27N7O2S/c1-17(2)31(29,30)25-19-6-5-8-21(24-19)27-12-10-26(11-13-27)15-18-14-23-28(16-18)20-7-3-4-9-22-20/h3-9,14,16-17H,10-13,15H2,1-2H3,(H,24,25). The minimum atomic E-state index is -3.41. The summed E-state index contributed by atoms with van der Waals surface area (Å²) in [7, 11) is -3.41. The van der Waals surface area contributed by atoms with Crippen LogP contribution in [0.4, 0.5) is 11.6 Å². The molecule has 0 saturated carbocycles. The van der Waals surface area contributed by atoms with Gasteiger partial charge in [0, 0.05) is 50.7 Å². The number of hydrogen-bond acceptors (Lipinski definition) is 7. The number of sulfonamides is 1. The van der Waals surface area contributed by atoms with Gasteiger partial charge in [0.2, 0.25) is 10.0 Å². The predicted octanol–water partition coefficient (Wildman–Crippen LogP) is 2.13. The van der Waals surface area contributed by atoms with Crippen LogP contribution in [0.15, 0.2) is 55.0 Å². The molecule has 1 saturated heterocycles. The van der Waals surface area contributed by atoms with Crippen LogP contribution < -0.4 is 9.62 Å². The molecule has 0 aliphatic carbocycles. The van der Waals surface area contributed by atoms with Crippen LogP contribution in [-0.2, 0) is 16.6 Å². The summed E-state index contributed by atoms with van der Waals surface area (Å²) in [5, 5.41) is 3.91. The number of anilines is 2. The molecule has 0 aromatic carbocycles. The molecule has 3 aromatic rings. The minimum Gasteiger partial charge on any atom is -0.354 e. The molecule has 3 aromatic heterocycles. The summed E-state index contributed by atoms with van der Waals surface area (Å²) in [5.41, 5.74) is 1.14. The van der Waals surface area contributed by atoms with Crippen molar-refractivity contribution in [2.24, 2.45) is 0 Å². The second-order valence-corrected chi connectivity index (χ2v) is 10.1. The highest BCUT2D eigenvalue weighted by atomic mass is 32.2. The Balaban J connectivity index is 1.34. The average molecular weight is 442 g/mol. The highest BCUT2D eigenvalue weighted by Crippen LogP contribution is 2.19. The fourth-order valence-corrected chi connectivity index (χ4v) is 4.01. The Morgan fingerprint density at radius 3 is 2.52 bits per heavy atom. The molecule has 4 rings (SSSR count). The molecule has 0 unspecified atom stereocenters. The lowest BCUT2D eigenvalue weighted by Gasteiger charge is -2.35. The first kappa shape index (κ1) is 21.3. The van der Waals surface area contributed by atoms with Gasteiger partial charge in [-0.15, -0.1) is 0 Å². The maximum Gasteiger partial charge on any atom is 0.236 e. The maximum absolute atomic E-state index is 12.1. The van der Waals surface area contributed by atoms with Gasteiger partial charge in [0.1, 0.15) is 11.6 Å². The van der Waals surface area contributed by atoms with Crippen molar-refractivity contribution in [3.8, 4) is 5.82 Å². The summed E-state index contributed by atoms with van der Waals surface area (Å²) in [6.45, 7) is 7.53. The van der Waals surface area contributed by atoms with E-state index in [9.17, 15) is 8.42 Å². The Bertz CT molecular complexity index is 1110. The first-order valence-corrected chi connectivity index (χ1v) is 11.9. The predicted molar refractivity (Wildman–Crippen MR) is 121 cm³/mol. The molecule has 164 valence electrons. The van der Waals surface area contributed by atoms with Gasteiger partial charge in [0.05, 0.1) is 11.4 Å². The number of hydrogen-bond donors (Lipinski definition) is 1. The Labute approximate surface area is 182 Å². The van der Waals surface area contributed by atoms with Gasteiger partial charge in [0.15, 0.2) is 5.82 Å². The first-order valence-electron chi connectivity index (χ1n) is 10.3. The minimum absolute atomic E-state index is 0.357. The van der Waals surface area contributed by atoms with E-state index in [2.05, 4.69) is 29.6 Å². The van der Waals surface area contributed by atoms with Gasteiger partial charge < -0.3 is 4.90 Å². The second-order valence-electron chi connectivity index (χ2n) is 7.82. The molecule has 4 heterocycles. The molecule has 1 fully saturated rings. The van der Waals surface area contributed by atoms with Crippen molar-refractivity contribution in [2.45, 2.75) is 25.6 Å². The van der Waals surface area contributed by atoms with E-state index < -0.39 is 15.3 Å². The molecule has 1 aliphatic rings. The van der Waals surface area contributed by atoms with Gasteiger partial charge in [0.25, 0.3) is 0 Å². The number of piperazine rings is 1. The van der Waals surface area contributed by atoms with E-state index in [4.69, 9.17) is 0 Å². The zero-order valence-corrected chi connectivity index (χ0v) is 18.5. The van der Waals surface area contributed by atoms with Crippen molar-refractivity contribution in [1.82, 2.24) is 24.6 Å². The van der Waals surface area contributed by atoms with Crippen LogP contribution >= 0.6 is 0 Å². The molecule has 31 heavy (non-hydrogen) atoms. The normalized spacial score (nSPS) is 15.4. The van der Waals surface area contributed by atoms with E-state index in [1.165, 1.54) is 0 Å². The fraction of sp³-hybridized carbons (Fsp3) is 0.381. The van der Waals surface area contributed by atoms with Gasteiger partial charge in [-0.25, -0.2) is 23.1 Å². The molecule has 0 bridgehead atoms. The average Bonchev–Trinajstić information content (AvgIpc) is 3.23. The third-order valence-electron chi connectivity index (χ3n) is 5.22. The highest BCUT2D eigenvalue weighted by molar-refractivity contribution is 7.93. The molecule has 0 amide bonds. The lowest BCUT2D eigenvalue weighted by atomic mass is 10.2. The lowest BCUT2D eigenvalue weighted by Crippen LogP contribution is -2.46. The molecule has 0 spiro atoms. The Morgan fingerprint density at radius 2 is 1.81 bits per heavy atom. The van der Waals surface area contributed by atoms with Gasteiger partial charge in [-0.2, -0.15) is 5.10 Å². The van der Waals surface area contributed by atoms with E-state index in [1.54, 1.807) is 30.8 Å². The molecule has 1 aliphatic heterocycles. The van der Waals surface area contributed by atoms with Gasteiger partial charge in [-0.3, -0.25) is 9.62 Å². The van der Waals surface area contributed by atoms with Crippen molar-refractivity contribution < 1.29 is 8.42 Å². The quantitative estimate of drug-likeness (QED) is 0.600. The van der Waals surface area contributed by atoms with Crippen molar-refractivity contribution in [1.29, 1.82) is 0 Å². The van der Waals surface area contributed by atoms with E-state index in [1.807, 2.05) is 42.7 Å². The molecule has 0 radical (unpaired) electrons. The Kier molecular flexibility index (Phi) is 6.19. The Morgan fingerprint density at radius 1 is 1.03 bits per heavy atom. The van der Waals surface area contributed by atoms with E-state index in [0.717, 1.165) is 49.9 Å². The number of nitrogens with zero attached hydrogens (tertiary/aromatic N) is 6. The summed E-state index contributed by atoms with van der Waals surface area (Å²) in [6.07, 6.45) is 5.65. The van der Waals surface area contributed by atoms with Crippen molar-refractivity contribution >= 4 is 21.7 Å². The first-order chi connectivity index (χ1) is 14.9. The zero-order chi connectivity index (χ0) is 21.8. The van der Waals surface area contributed by atoms with Gasteiger partial charge >= 0.3 is 0 Å².